The highest BCUT2D eigenvalue weighted by Gasteiger charge is 2.22. The summed E-state index contributed by atoms with van der Waals surface area (Å²) in [6.07, 6.45) is 2.89. The van der Waals surface area contributed by atoms with Crippen molar-refractivity contribution in [3.8, 4) is 11.5 Å². The second kappa shape index (κ2) is 4.66. The van der Waals surface area contributed by atoms with Gasteiger partial charge in [-0.05, 0) is 12.5 Å². The quantitative estimate of drug-likeness (QED) is 0.661. The molecular weight excluding hydrogens is 258 g/mol. The standard InChI is InChI=1S/C11H10ClN3O3/c1-5-6(10-14-3-4-18-10)9(12)15-8(7(5)13)11(16)17-2/h3-4H,13H2,1-2H3. The lowest BCUT2D eigenvalue weighted by molar-refractivity contribution is 0.0595. The number of methoxy groups -OCH3 is 1. The predicted octanol–water partition coefficient (Wildman–Crippen LogP) is 2.07. The topological polar surface area (TPSA) is 91.2 Å². The number of esters is 1. The minimum atomic E-state index is -0.642. The molecule has 0 unspecified atom stereocenters. The highest BCUT2D eigenvalue weighted by molar-refractivity contribution is 6.32. The maximum Gasteiger partial charge on any atom is 0.358 e. The van der Waals surface area contributed by atoms with Crippen molar-refractivity contribution in [2.45, 2.75) is 6.92 Å². The SMILES string of the molecule is COC(=O)c1nc(Cl)c(-c2ncco2)c(C)c1N. The molecule has 2 aromatic heterocycles. The first kappa shape index (κ1) is 12.4. The van der Waals surface area contributed by atoms with Gasteiger partial charge < -0.3 is 14.9 Å². The summed E-state index contributed by atoms with van der Waals surface area (Å²) in [5.41, 5.74) is 7.05. The third-order valence-electron chi connectivity index (χ3n) is 2.48. The molecule has 6 nitrogen and oxygen atoms in total. The van der Waals surface area contributed by atoms with E-state index >= 15 is 0 Å². The van der Waals surface area contributed by atoms with E-state index in [0.717, 1.165) is 0 Å². The van der Waals surface area contributed by atoms with Crippen LogP contribution in [0.5, 0.6) is 0 Å². The highest BCUT2D eigenvalue weighted by atomic mass is 35.5. The summed E-state index contributed by atoms with van der Waals surface area (Å²) in [7, 11) is 1.24. The van der Waals surface area contributed by atoms with Gasteiger partial charge in [0.15, 0.2) is 5.69 Å². The first-order chi connectivity index (χ1) is 8.56. The van der Waals surface area contributed by atoms with Gasteiger partial charge in [0.1, 0.15) is 11.4 Å². The Morgan fingerprint density at radius 1 is 1.56 bits per heavy atom. The average molecular weight is 268 g/mol. The number of carbonyl (C=O) groups excluding carboxylic acids is 1. The average Bonchev–Trinajstić information content (AvgIpc) is 2.86. The van der Waals surface area contributed by atoms with Crippen molar-refractivity contribution in [3.05, 3.63) is 28.9 Å². The number of nitrogen functional groups attached to an aromatic ring is 1. The Hall–Kier alpha value is -2.08. The van der Waals surface area contributed by atoms with Crippen molar-refractivity contribution in [2.24, 2.45) is 0 Å². The maximum absolute atomic E-state index is 11.5. The van der Waals surface area contributed by atoms with Crippen LogP contribution in [0.15, 0.2) is 16.9 Å². The van der Waals surface area contributed by atoms with Gasteiger partial charge in [0.05, 0.1) is 24.6 Å². The Balaban J connectivity index is 2.66. The van der Waals surface area contributed by atoms with E-state index in [4.69, 9.17) is 21.8 Å². The van der Waals surface area contributed by atoms with Crippen molar-refractivity contribution < 1.29 is 13.9 Å². The van der Waals surface area contributed by atoms with Crippen LogP contribution >= 0.6 is 11.6 Å². The Labute approximate surface area is 108 Å². The number of hydrogen-bond donors (Lipinski definition) is 1. The third-order valence-corrected chi connectivity index (χ3v) is 2.75. The fraction of sp³-hybridized carbons (Fsp3) is 0.182. The number of oxazole rings is 1. The molecule has 0 fully saturated rings. The fourth-order valence-electron chi connectivity index (χ4n) is 1.53. The second-order valence-corrected chi connectivity index (χ2v) is 3.85. The van der Waals surface area contributed by atoms with Crippen molar-refractivity contribution in [1.29, 1.82) is 0 Å². The van der Waals surface area contributed by atoms with Crippen LogP contribution in [0.25, 0.3) is 11.5 Å². The van der Waals surface area contributed by atoms with Crippen LogP contribution in [0.2, 0.25) is 5.15 Å². The van der Waals surface area contributed by atoms with Crippen molar-refractivity contribution in [2.75, 3.05) is 12.8 Å². The number of pyridine rings is 1. The molecule has 0 saturated carbocycles. The zero-order valence-electron chi connectivity index (χ0n) is 9.73. The van der Waals surface area contributed by atoms with Crippen LogP contribution in [0.3, 0.4) is 0 Å². The Morgan fingerprint density at radius 2 is 2.28 bits per heavy atom. The predicted molar refractivity (Wildman–Crippen MR) is 65.2 cm³/mol. The largest absolute Gasteiger partial charge is 0.464 e. The van der Waals surface area contributed by atoms with E-state index in [1.165, 1.54) is 19.6 Å². The number of carbonyl (C=O) groups is 1. The summed E-state index contributed by atoms with van der Waals surface area (Å²) in [5.74, 6) is -0.343. The highest BCUT2D eigenvalue weighted by Crippen LogP contribution is 2.33. The summed E-state index contributed by atoms with van der Waals surface area (Å²) in [4.78, 5) is 19.4. The van der Waals surface area contributed by atoms with Gasteiger partial charge in [-0.25, -0.2) is 14.8 Å². The molecule has 0 spiro atoms. The van der Waals surface area contributed by atoms with Gasteiger partial charge in [-0.3, -0.25) is 0 Å². The summed E-state index contributed by atoms with van der Waals surface area (Å²) in [6.45, 7) is 1.70. The maximum atomic E-state index is 11.5. The number of nitrogens with zero attached hydrogens (tertiary/aromatic N) is 2. The van der Waals surface area contributed by atoms with Gasteiger partial charge in [0.2, 0.25) is 5.89 Å². The number of halogens is 1. The number of nitrogens with two attached hydrogens (primary N) is 1. The van der Waals surface area contributed by atoms with E-state index in [0.29, 0.717) is 17.0 Å². The van der Waals surface area contributed by atoms with Crippen LogP contribution in [-0.2, 0) is 4.74 Å². The first-order valence-electron chi connectivity index (χ1n) is 5.00. The number of anilines is 1. The molecule has 2 aromatic rings. The van der Waals surface area contributed by atoms with E-state index in [2.05, 4.69) is 14.7 Å². The van der Waals surface area contributed by atoms with Crippen LogP contribution in [-0.4, -0.2) is 23.0 Å². The molecule has 0 aliphatic heterocycles. The summed E-state index contributed by atoms with van der Waals surface area (Å²) < 4.78 is 9.73. The fourth-order valence-corrected chi connectivity index (χ4v) is 1.84. The van der Waals surface area contributed by atoms with Gasteiger partial charge in [0.25, 0.3) is 0 Å². The van der Waals surface area contributed by atoms with E-state index in [1.807, 2.05) is 0 Å². The van der Waals surface area contributed by atoms with Gasteiger partial charge in [0, 0.05) is 0 Å². The van der Waals surface area contributed by atoms with E-state index < -0.39 is 5.97 Å². The van der Waals surface area contributed by atoms with Crippen molar-refractivity contribution in [3.63, 3.8) is 0 Å². The molecule has 0 aromatic carbocycles. The molecule has 7 heteroatoms. The molecule has 2 N–H and O–H groups in total. The number of rotatable bonds is 2. The summed E-state index contributed by atoms with van der Waals surface area (Å²) in [5, 5.41) is 0.0875. The van der Waals surface area contributed by atoms with Crippen LogP contribution in [0, 0.1) is 6.92 Å². The molecular formula is C11H10ClN3O3. The second-order valence-electron chi connectivity index (χ2n) is 3.49. The number of hydrogen-bond acceptors (Lipinski definition) is 6. The molecule has 0 atom stereocenters. The van der Waals surface area contributed by atoms with Crippen molar-refractivity contribution in [1.82, 2.24) is 9.97 Å². The molecule has 18 heavy (non-hydrogen) atoms. The summed E-state index contributed by atoms with van der Waals surface area (Å²) in [6, 6.07) is 0. The minimum absolute atomic E-state index is 0.0182. The minimum Gasteiger partial charge on any atom is -0.464 e. The number of aromatic nitrogens is 2. The third kappa shape index (κ3) is 1.91. The molecule has 0 aliphatic rings. The lowest BCUT2D eigenvalue weighted by atomic mass is 10.1. The zero-order valence-corrected chi connectivity index (χ0v) is 10.5. The Morgan fingerprint density at radius 3 is 2.83 bits per heavy atom. The van der Waals surface area contributed by atoms with E-state index in [1.54, 1.807) is 6.92 Å². The lowest BCUT2D eigenvalue weighted by Gasteiger charge is -2.10. The molecule has 0 radical (unpaired) electrons. The molecule has 0 saturated heterocycles. The van der Waals surface area contributed by atoms with Crippen molar-refractivity contribution >= 4 is 23.3 Å². The summed E-state index contributed by atoms with van der Waals surface area (Å²) >= 11 is 6.02. The molecule has 0 bridgehead atoms. The van der Waals surface area contributed by atoms with Crippen LogP contribution < -0.4 is 5.73 Å². The van der Waals surface area contributed by atoms with E-state index in [-0.39, 0.29) is 16.5 Å². The Bertz CT molecular complexity index is 596. The van der Waals surface area contributed by atoms with Crippen LogP contribution in [0.1, 0.15) is 16.1 Å². The van der Waals surface area contributed by atoms with Gasteiger partial charge in [-0.2, -0.15) is 0 Å². The molecule has 94 valence electrons. The Kier molecular flexibility index (Phi) is 3.20. The molecule has 2 heterocycles. The smallest absolute Gasteiger partial charge is 0.358 e. The van der Waals surface area contributed by atoms with Gasteiger partial charge in [-0.15, -0.1) is 0 Å². The molecule has 0 aliphatic carbocycles. The van der Waals surface area contributed by atoms with Gasteiger partial charge >= 0.3 is 5.97 Å². The van der Waals surface area contributed by atoms with E-state index in [9.17, 15) is 4.79 Å². The number of ether oxygens (including phenoxy) is 1. The first-order valence-corrected chi connectivity index (χ1v) is 5.37. The molecule has 2 rings (SSSR count). The normalized spacial score (nSPS) is 10.4. The van der Waals surface area contributed by atoms with Crippen LogP contribution in [0.4, 0.5) is 5.69 Å². The lowest BCUT2D eigenvalue weighted by Crippen LogP contribution is -2.11. The van der Waals surface area contributed by atoms with Gasteiger partial charge in [-0.1, -0.05) is 11.6 Å². The zero-order chi connectivity index (χ0) is 13.3. The monoisotopic (exact) mass is 267 g/mol. The molecule has 0 amide bonds.